The van der Waals surface area contributed by atoms with Crippen molar-refractivity contribution in [1.29, 1.82) is 0 Å². The maximum atomic E-state index is 5.66. The molecule has 3 atom stereocenters. The lowest BCUT2D eigenvalue weighted by Crippen LogP contribution is -2.18. The molecule has 92 valence electrons. The summed E-state index contributed by atoms with van der Waals surface area (Å²) in [6, 6.07) is 9.10. The molecule has 0 radical (unpaired) electrons. The Bertz CT molecular complexity index is 390. The molecular weight excluding hydrogens is 210 g/mol. The lowest BCUT2D eigenvalue weighted by molar-refractivity contribution is 0.317. The summed E-state index contributed by atoms with van der Waals surface area (Å²) in [7, 11) is 0. The van der Waals surface area contributed by atoms with Crippen LogP contribution in [0.1, 0.15) is 32.6 Å². The number of nitrogens with one attached hydrogen (secondary N) is 1. The second-order valence-electron chi connectivity index (χ2n) is 5.36. The Balaban J connectivity index is 1.62. The van der Waals surface area contributed by atoms with Gasteiger partial charge in [-0.2, -0.15) is 0 Å². The third-order valence-corrected chi connectivity index (χ3v) is 4.00. The van der Waals surface area contributed by atoms with Crippen LogP contribution in [0.3, 0.4) is 0 Å². The van der Waals surface area contributed by atoms with E-state index in [-0.39, 0.29) is 0 Å². The average Bonchev–Trinajstić information content (AvgIpc) is 3.04. The molecule has 1 N–H and O–H groups in total. The van der Waals surface area contributed by atoms with Crippen LogP contribution in [0.15, 0.2) is 24.3 Å². The molecule has 2 fully saturated rings. The fourth-order valence-corrected chi connectivity index (χ4v) is 2.99. The number of benzene rings is 1. The standard InChI is InChI=1S/C15H21NO/c1-2-8-17-13-5-3-4-12(10-13)16-15-7-6-11-9-14(11)15/h3-5,10-11,14-16H,2,6-9H2,1H3/t11-,14+,15?/m0/s1. The number of ether oxygens (including phenoxy) is 1. The van der Waals surface area contributed by atoms with E-state index in [4.69, 9.17) is 4.74 Å². The van der Waals surface area contributed by atoms with Crippen LogP contribution in [0.2, 0.25) is 0 Å². The summed E-state index contributed by atoms with van der Waals surface area (Å²) in [5, 5.41) is 3.67. The highest BCUT2D eigenvalue weighted by Gasteiger charge is 2.47. The van der Waals surface area contributed by atoms with Crippen LogP contribution in [0.25, 0.3) is 0 Å². The van der Waals surface area contributed by atoms with E-state index >= 15 is 0 Å². The molecule has 0 saturated heterocycles. The quantitative estimate of drug-likeness (QED) is 0.834. The van der Waals surface area contributed by atoms with E-state index in [1.807, 2.05) is 6.07 Å². The van der Waals surface area contributed by atoms with Crippen molar-refractivity contribution in [3.8, 4) is 5.75 Å². The number of rotatable bonds is 5. The molecule has 0 aromatic heterocycles. The van der Waals surface area contributed by atoms with Crippen LogP contribution < -0.4 is 10.1 Å². The number of anilines is 1. The zero-order valence-corrected chi connectivity index (χ0v) is 10.5. The molecule has 2 aliphatic carbocycles. The Hall–Kier alpha value is -1.18. The van der Waals surface area contributed by atoms with E-state index in [0.717, 1.165) is 30.6 Å². The average molecular weight is 231 g/mol. The highest BCUT2D eigenvalue weighted by Crippen LogP contribution is 2.52. The number of fused-ring (bicyclic) bond motifs is 1. The van der Waals surface area contributed by atoms with E-state index in [9.17, 15) is 0 Å². The van der Waals surface area contributed by atoms with E-state index in [2.05, 4.69) is 30.4 Å². The van der Waals surface area contributed by atoms with Crippen LogP contribution >= 0.6 is 0 Å². The first-order valence-electron chi connectivity index (χ1n) is 6.86. The third-order valence-electron chi connectivity index (χ3n) is 4.00. The van der Waals surface area contributed by atoms with Crippen molar-refractivity contribution in [1.82, 2.24) is 0 Å². The van der Waals surface area contributed by atoms with Gasteiger partial charge in [0, 0.05) is 17.8 Å². The smallest absolute Gasteiger partial charge is 0.121 e. The zero-order valence-electron chi connectivity index (χ0n) is 10.5. The monoisotopic (exact) mass is 231 g/mol. The third kappa shape index (κ3) is 2.41. The molecule has 0 heterocycles. The van der Waals surface area contributed by atoms with Gasteiger partial charge in [-0.3, -0.25) is 0 Å². The molecule has 1 aromatic rings. The Morgan fingerprint density at radius 3 is 3.00 bits per heavy atom. The molecule has 0 spiro atoms. The van der Waals surface area contributed by atoms with Crippen LogP contribution in [0.4, 0.5) is 5.69 Å². The van der Waals surface area contributed by atoms with Gasteiger partial charge in [-0.1, -0.05) is 13.0 Å². The van der Waals surface area contributed by atoms with E-state index < -0.39 is 0 Å². The number of hydrogen-bond donors (Lipinski definition) is 1. The minimum absolute atomic E-state index is 0.710. The van der Waals surface area contributed by atoms with Crippen LogP contribution in [0, 0.1) is 11.8 Å². The summed E-state index contributed by atoms with van der Waals surface area (Å²) in [5.41, 5.74) is 1.22. The summed E-state index contributed by atoms with van der Waals surface area (Å²) < 4.78 is 5.66. The maximum absolute atomic E-state index is 5.66. The lowest BCUT2D eigenvalue weighted by Gasteiger charge is -2.16. The van der Waals surface area contributed by atoms with Crippen molar-refractivity contribution < 1.29 is 4.74 Å². The molecule has 2 aliphatic rings. The summed E-state index contributed by atoms with van der Waals surface area (Å²) in [4.78, 5) is 0. The van der Waals surface area contributed by atoms with Gasteiger partial charge in [0.15, 0.2) is 0 Å². The lowest BCUT2D eigenvalue weighted by atomic mass is 10.1. The SMILES string of the molecule is CCCOc1cccc(NC2CC[C@H]3C[C@@H]23)c1. The highest BCUT2D eigenvalue weighted by atomic mass is 16.5. The van der Waals surface area contributed by atoms with Crippen LogP contribution in [-0.2, 0) is 0 Å². The molecule has 2 nitrogen and oxygen atoms in total. The van der Waals surface area contributed by atoms with Gasteiger partial charge in [0.05, 0.1) is 6.61 Å². The first-order chi connectivity index (χ1) is 8.36. The van der Waals surface area contributed by atoms with Crippen molar-refractivity contribution in [3.63, 3.8) is 0 Å². The van der Waals surface area contributed by atoms with Crippen molar-refractivity contribution in [3.05, 3.63) is 24.3 Å². The van der Waals surface area contributed by atoms with Crippen molar-refractivity contribution in [2.24, 2.45) is 11.8 Å². The van der Waals surface area contributed by atoms with Gasteiger partial charge < -0.3 is 10.1 Å². The summed E-state index contributed by atoms with van der Waals surface area (Å²) in [6.45, 7) is 2.94. The van der Waals surface area contributed by atoms with Gasteiger partial charge in [-0.15, -0.1) is 0 Å². The normalized spacial score (nSPS) is 29.8. The van der Waals surface area contributed by atoms with Crippen molar-refractivity contribution >= 4 is 5.69 Å². The molecule has 0 aliphatic heterocycles. The fourth-order valence-electron chi connectivity index (χ4n) is 2.99. The minimum atomic E-state index is 0.710. The van der Waals surface area contributed by atoms with Crippen LogP contribution in [-0.4, -0.2) is 12.6 Å². The Kier molecular flexibility index (Phi) is 2.96. The van der Waals surface area contributed by atoms with Gasteiger partial charge in [-0.05, 0) is 49.7 Å². The predicted octanol–water partition coefficient (Wildman–Crippen LogP) is 3.69. The Morgan fingerprint density at radius 2 is 2.29 bits per heavy atom. The minimum Gasteiger partial charge on any atom is -0.494 e. The topological polar surface area (TPSA) is 21.3 Å². The molecule has 17 heavy (non-hydrogen) atoms. The molecule has 1 aromatic carbocycles. The first kappa shape index (κ1) is 10.9. The molecule has 1 unspecified atom stereocenters. The molecule has 3 rings (SSSR count). The highest BCUT2D eigenvalue weighted by molar-refractivity contribution is 5.49. The van der Waals surface area contributed by atoms with Crippen molar-refractivity contribution in [2.75, 3.05) is 11.9 Å². The van der Waals surface area contributed by atoms with Crippen molar-refractivity contribution in [2.45, 2.75) is 38.6 Å². The zero-order chi connectivity index (χ0) is 11.7. The van der Waals surface area contributed by atoms with Gasteiger partial charge in [0.25, 0.3) is 0 Å². The molecule has 0 amide bonds. The second-order valence-corrected chi connectivity index (χ2v) is 5.36. The maximum Gasteiger partial charge on any atom is 0.121 e. The molecule has 2 saturated carbocycles. The molecule has 0 bridgehead atoms. The second kappa shape index (κ2) is 4.59. The van der Waals surface area contributed by atoms with Gasteiger partial charge in [0.1, 0.15) is 5.75 Å². The summed E-state index contributed by atoms with van der Waals surface area (Å²) in [6.07, 6.45) is 5.28. The predicted molar refractivity (Wildman–Crippen MR) is 70.5 cm³/mol. The molecular formula is C15H21NO. The summed E-state index contributed by atoms with van der Waals surface area (Å²) >= 11 is 0. The van der Waals surface area contributed by atoms with Gasteiger partial charge in [-0.25, -0.2) is 0 Å². The first-order valence-corrected chi connectivity index (χ1v) is 6.86. The van der Waals surface area contributed by atoms with E-state index in [0.29, 0.717) is 6.04 Å². The van der Waals surface area contributed by atoms with Gasteiger partial charge >= 0.3 is 0 Å². The molecule has 2 heteroatoms. The Labute approximate surface area is 103 Å². The van der Waals surface area contributed by atoms with E-state index in [1.54, 1.807) is 0 Å². The summed E-state index contributed by atoms with van der Waals surface area (Å²) in [5.74, 6) is 2.98. The van der Waals surface area contributed by atoms with Crippen LogP contribution in [0.5, 0.6) is 5.75 Å². The Morgan fingerprint density at radius 1 is 1.35 bits per heavy atom. The van der Waals surface area contributed by atoms with E-state index in [1.165, 1.54) is 24.9 Å². The largest absolute Gasteiger partial charge is 0.494 e. The van der Waals surface area contributed by atoms with Gasteiger partial charge in [0.2, 0.25) is 0 Å². The fraction of sp³-hybridized carbons (Fsp3) is 0.600. The number of hydrogen-bond acceptors (Lipinski definition) is 2.